The van der Waals surface area contributed by atoms with Crippen molar-refractivity contribution in [2.75, 3.05) is 0 Å². The van der Waals surface area contributed by atoms with Crippen molar-refractivity contribution in [2.24, 2.45) is 0 Å². The molecule has 0 saturated carbocycles. The van der Waals surface area contributed by atoms with Gasteiger partial charge in [0.05, 0.1) is 10.6 Å². The van der Waals surface area contributed by atoms with Gasteiger partial charge in [-0.05, 0) is 47.0 Å². The maximum atomic E-state index is 8.75. The Morgan fingerprint density at radius 3 is 2.58 bits per heavy atom. The van der Waals surface area contributed by atoms with Crippen molar-refractivity contribution in [1.82, 2.24) is 0 Å². The van der Waals surface area contributed by atoms with E-state index in [-0.39, 0.29) is 0 Å². The largest absolute Gasteiger partial charge is 0.192 e. The summed E-state index contributed by atoms with van der Waals surface area (Å²) in [6.45, 7) is 3.92. The molecular weight excluding hydrogens is 237 g/mol. The summed E-state index contributed by atoms with van der Waals surface area (Å²) in [5.41, 5.74) is 2.67. The molecule has 0 aliphatic rings. The summed E-state index contributed by atoms with van der Waals surface area (Å²) in [7, 11) is 0. The van der Waals surface area contributed by atoms with E-state index in [9.17, 15) is 0 Å². The second-order valence-corrected chi connectivity index (χ2v) is 3.80. The van der Waals surface area contributed by atoms with Crippen LogP contribution in [0, 0.1) is 25.2 Å². The van der Waals surface area contributed by atoms with Gasteiger partial charge in [-0.1, -0.05) is 11.6 Å². The van der Waals surface area contributed by atoms with Gasteiger partial charge in [-0.3, -0.25) is 0 Å². The number of nitrogens with zero attached hydrogens (tertiary/aromatic N) is 1. The topological polar surface area (TPSA) is 23.8 Å². The van der Waals surface area contributed by atoms with Crippen LogP contribution in [-0.2, 0) is 0 Å². The number of nitriles is 1. The first-order chi connectivity index (χ1) is 5.57. The highest BCUT2D eigenvalue weighted by atomic mass is 79.9. The van der Waals surface area contributed by atoms with E-state index in [1.807, 2.05) is 13.8 Å². The van der Waals surface area contributed by atoms with Crippen LogP contribution in [-0.4, -0.2) is 0 Å². The fourth-order valence-electron chi connectivity index (χ4n) is 0.938. The predicted octanol–water partition coefficient (Wildman–Crippen LogP) is 3.59. The number of aryl methyl sites for hydroxylation is 1. The number of benzene rings is 1. The standard InChI is InChI=1S/C9H7BrClN/c1-5-3-8(11)7(4-12)9(10)6(5)2/h3H,1-2H3. The average molecular weight is 245 g/mol. The third-order valence-corrected chi connectivity index (χ3v) is 3.12. The summed E-state index contributed by atoms with van der Waals surface area (Å²) in [6, 6.07) is 3.86. The van der Waals surface area contributed by atoms with Gasteiger partial charge in [0.1, 0.15) is 6.07 Å². The van der Waals surface area contributed by atoms with Crippen LogP contribution in [0.1, 0.15) is 16.7 Å². The minimum absolute atomic E-state index is 0.507. The summed E-state index contributed by atoms with van der Waals surface area (Å²) < 4.78 is 0.801. The Balaban J connectivity index is 3.54. The van der Waals surface area contributed by atoms with Gasteiger partial charge in [0.25, 0.3) is 0 Å². The van der Waals surface area contributed by atoms with E-state index in [2.05, 4.69) is 22.0 Å². The molecule has 1 aromatic rings. The lowest BCUT2D eigenvalue weighted by atomic mass is 10.1. The van der Waals surface area contributed by atoms with Crippen LogP contribution in [0.25, 0.3) is 0 Å². The Kier molecular flexibility index (Phi) is 2.76. The van der Waals surface area contributed by atoms with E-state index in [1.54, 1.807) is 6.07 Å². The zero-order valence-corrected chi connectivity index (χ0v) is 9.12. The Morgan fingerprint density at radius 2 is 2.08 bits per heavy atom. The molecule has 0 spiro atoms. The molecule has 62 valence electrons. The second kappa shape index (κ2) is 3.47. The van der Waals surface area contributed by atoms with Crippen molar-refractivity contribution >= 4 is 27.5 Å². The smallest absolute Gasteiger partial charge is 0.102 e. The van der Waals surface area contributed by atoms with Crippen LogP contribution in [0.3, 0.4) is 0 Å². The lowest BCUT2D eigenvalue weighted by molar-refractivity contribution is 1.30. The average Bonchev–Trinajstić information content (AvgIpc) is 2.01. The molecule has 0 aromatic heterocycles. The molecule has 0 bridgehead atoms. The molecule has 0 aliphatic carbocycles. The molecule has 0 aliphatic heterocycles. The summed E-state index contributed by atoms with van der Waals surface area (Å²) in [4.78, 5) is 0. The molecule has 0 saturated heterocycles. The van der Waals surface area contributed by atoms with Crippen molar-refractivity contribution in [3.63, 3.8) is 0 Å². The van der Waals surface area contributed by atoms with Crippen molar-refractivity contribution in [3.8, 4) is 6.07 Å². The van der Waals surface area contributed by atoms with E-state index in [0.29, 0.717) is 10.6 Å². The van der Waals surface area contributed by atoms with E-state index >= 15 is 0 Å². The quantitative estimate of drug-likeness (QED) is 0.684. The third-order valence-electron chi connectivity index (χ3n) is 1.83. The van der Waals surface area contributed by atoms with Gasteiger partial charge in [0.2, 0.25) is 0 Å². The Hall–Kier alpha value is -0.520. The van der Waals surface area contributed by atoms with Crippen LogP contribution in [0.2, 0.25) is 5.02 Å². The van der Waals surface area contributed by atoms with Gasteiger partial charge >= 0.3 is 0 Å². The normalized spacial score (nSPS) is 9.58. The second-order valence-electron chi connectivity index (χ2n) is 2.60. The monoisotopic (exact) mass is 243 g/mol. The number of rotatable bonds is 0. The first kappa shape index (κ1) is 9.57. The van der Waals surface area contributed by atoms with Gasteiger partial charge in [-0.15, -0.1) is 0 Å². The molecule has 0 N–H and O–H groups in total. The predicted molar refractivity (Wildman–Crippen MR) is 53.3 cm³/mol. The van der Waals surface area contributed by atoms with E-state index in [1.165, 1.54) is 0 Å². The molecule has 1 nitrogen and oxygen atoms in total. The first-order valence-corrected chi connectivity index (χ1v) is 4.60. The van der Waals surface area contributed by atoms with Gasteiger partial charge in [-0.2, -0.15) is 5.26 Å². The summed E-state index contributed by atoms with van der Waals surface area (Å²) in [5, 5.41) is 9.26. The highest BCUT2D eigenvalue weighted by Gasteiger charge is 2.09. The zero-order valence-electron chi connectivity index (χ0n) is 6.78. The number of hydrogen-bond donors (Lipinski definition) is 0. The minimum atomic E-state index is 0.507. The maximum Gasteiger partial charge on any atom is 0.102 e. The van der Waals surface area contributed by atoms with Crippen LogP contribution in [0.5, 0.6) is 0 Å². The Morgan fingerprint density at radius 1 is 1.50 bits per heavy atom. The summed E-state index contributed by atoms with van der Waals surface area (Å²) in [6.07, 6.45) is 0. The zero-order chi connectivity index (χ0) is 9.30. The fourth-order valence-corrected chi connectivity index (χ4v) is 1.97. The fraction of sp³-hybridized carbons (Fsp3) is 0.222. The lowest BCUT2D eigenvalue weighted by Crippen LogP contribution is -1.88. The van der Waals surface area contributed by atoms with Crippen LogP contribution >= 0.6 is 27.5 Å². The van der Waals surface area contributed by atoms with Crippen molar-refractivity contribution in [2.45, 2.75) is 13.8 Å². The number of hydrogen-bond acceptors (Lipinski definition) is 1. The molecule has 0 atom stereocenters. The molecule has 0 radical (unpaired) electrons. The highest BCUT2D eigenvalue weighted by molar-refractivity contribution is 9.10. The van der Waals surface area contributed by atoms with Gasteiger partial charge in [0, 0.05) is 4.47 Å². The van der Waals surface area contributed by atoms with Crippen molar-refractivity contribution in [3.05, 3.63) is 32.3 Å². The van der Waals surface area contributed by atoms with Crippen LogP contribution in [0.15, 0.2) is 10.5 Å². The molecule has 0 fully saturated rings. The summed E-state index contributed by atoms with van der Waals surface area (Å²) >= 11 is 9.19. The maximum absolute atomic E-state index is 8.75. The molecule has 0 heterocycles. The van der Waals surface area contributed by atoms with Crippen molar-refractivity contribution in [1.29, 1.82) is 5.26 Å². The molecule has 3 heteroatoms. The lowest BCUT2D eigenvalue weighted by Gasteiger charge is -2.05. The molecule has 0 unspecified atom stereocenters. The molecule has 1 aromatic carbocycles. The third kappa shape index (κ3) is 1.48. The highest BCUT2D eigenvalue weighted by Crippen LogP contribution is 2.29. The van der Waals surface area contributed by atoms with Crippen LogP contribution in [0.4, 0.5) is 0 Å². The van der Waals surface area contributed by atoms with Gasteiger partial charge in [0.15, 0.2) is 0 Å². The number of halogens is 2. The van der Waals surface area contributed by atoms with Gasteiger partial charge in [-0.25, -0.2) is 0 Å². The van der Waals surface area contributed by atoms with E-state index < -0.39 is 0 Å². The minimum Gasteiger partial charge on any atom is -0.192 e. The SMILES string of the molecule is Cc1cc(Cl)c(C#N)c(Br)c1C. The van der Waals surface area contributed by atoms with E-state index in [0.717, 1.165) is 15.6 Å². The Labute approximate surface area is 85.1 Å². The van der Waals surface area contributed by atoms with Crippen molar-refractivity contribution < 1.29 is 0 Å². The Bertz CT molecular complexity index is 366. The molecular formula is C9H7BrClN. The summed E-state index contributed by atoms with van der Waals surface area (Å²) in [5.74, 6) is 0. The molecule has 1 rings (SSSR count). The van der Waals surface area contributed by atoms with Crippen LogP contribution < -0.4 is 0 Å². The van der Waals surface area contributed by atoms with E-state index in [4.69, 9.17) is 16.9 Å². The van der Waals surface area contributed by atoms with Gasteiger partial charge < -0.3 is 0 Å². The molecule has 0 amide bonds. The first-order valence-electron chi connectivity index (χ1n) is 3.43. The molecule has 12 heavy (non-hydrogen) atoms.